The Balaban J connectivity index is 2.87. The molecule has 0 spiro atoms. The fraction of sp³-hybridized carbons (Fsp3) is 0.222. The molecule has 2 aromatic rings. The van der Waals surface area contributed by atoms with Crippen molar-refractivity contribution in [3.63, 3.8) is 0 Å². The molecule has 0 atom stereocenters. The van der Waals surface area contributed by atoms with Crippen LogP contribution in [0.4, 0.5) is 5.95 Å². The van der Waals surface area contributed by atoms with E-state index in [1.165, 1.54) is 9.08 Å². The molecule has 0 amide bonds. The molecule has 6 heteroatoms. The maximum atomic E-state index is 11.8. The van der Waals surface area contributed by atoms with Gasteiger partial charge in [0.25, 0.3) is 5.56 Å². The third-order valence-electron chi connectivity index (χ3n) is 2.08. The van der Waals surface area contributed by atoms with E-state index in [0.29, 0.717) is 17.9 Å². The lowest BCUT2D eigenvalue weighted by Gasteiger charge is -2.04. The second-order valence-electron chi connectivity index (χ2n) is 3.23. The van der Waals surface area contributed by atoms with Crippen molar-refractivity contribution in [3.8, 4) is 0 Å². The van der Waals surface area contributed by atoms with Crippen LogP contribution in [0.2, 0.25) is 0 Å². The molecule has 0 aliphatic heterocycles. The zero-order chi connectivity index (χ0) is 11.0. The van der Waals surface area contributed by atoms with Crippen LogP contribution in [0.3, 0.4) is 0 Å². The number of fused-ring (bicyclic) bond motifs is 1. The number of allylic oxidation sites excluding steroid dienone is 1. The molecule has 0 unspecified atom stereocenters. The van der Waals surface area contributed by atoms with Gasteiger partial charge in [0.05, 0.1) is 0 Å². The first-order valence-electron chi connectivity index (χ1n) is 4.46. The fourth-order valence-electron chi connectivity index (χ4n) is 1.44. The molecule has 0 radical (unpaired) electrons. The molecule has 2 aromatic heterocycles. The zero-order valence-corrected chi connectivity index (χ0v) is 8.34. The summed E-state index contributed by atoms with van der Waals surface area (Å²) in [5.41, 5.74) is 5.96. The van der Waals surface area contributed by atoms with Gasteiger partial charge in [-0.05, 0) is 6.92 Å². The van der Waals surface area contributed by atoms with E-state index in [1.807, 2.05) is 0 Å². The van der Waals surface area contributed by atoms with Crippen LogP contribution in [0.1, 0.15) is 5.56 Å². The van der Waals surface area contributed by atoms with Crippen molar-refractivity contribution < 1.29 is 0 Å². The molecule has 15 heavy (non-hydrogen) atoms. The van der Waals surface area contributed by atoms with E-state index in [-0.39, 0.29) is 11.5 Å². The molecule has 0 fully saturated rings. The Kier molecular flexibility index (Phi) is 2.03. The lowest BCUT2D eigenvalue weighted by molar-refractivity contribution is 0.748. The van der Waals surface area contributed by atoms with Gasteiger partial charge < -0.3 is 5.73 Å². The van der Waals surface area contributed by atoms with Gasteiger partial charge in [-0.25, -0.2) is 4.52 Å². The van der Waals surface area contributed by atoms with Gasteiger partial charge >= 0.3 is 0 Å². The Bertz CT molecular complexity index is 580. The highest BCUT2D eigenvalue weighted by molar-refractivity contribution is 5.36. The molecular weight excluding hydrogens is 194 g/mol. The number of nitrogen functional groups attached to an aromatic ring is 1. The predicted octanol–water partition coefficient (Wildman–Crippen LogP) is -0.0324. The Morgan fingerprint density at radius 3 is 3.07 bits per heavy atom. The highest BCUT2D eigenvalue weighted by Gasteiger charge is 2.08. The standard InChI is InChI=1S/C9H11N5O/c1-3-4-13-7(15)6(2)5-14-9(13)11-8(10)12-14/h3,5H,1,4H2,2H3,(H2,10,12). The number of aromatic nitrogens is 4. The Labute approximate surface area is 85.7 Å². The highest BCUT2D eigenvalue weighted by atomic mass is 16.1. The first-order chi connectivity index (χ1) is 7.13. The maximum Gasteiger partial charge on any atom is 0.258 e. The van der Waals surface area contributed by atoms with Crippen molar-refractivity contribution in [2.75, 3.05) is 5.73 Å². The van der Waals surface area contributed by atoms with Crippen LogP contribution in [0.15, 0.2) is 23.6 Å². The molecule has 2 N–H and O–H groups in total. The van der Waals surface area contributed by atoms with Crippen LogP contribution < -0.4 is 11.3 Å². The van der Waals surface area contributed by atoms with Crippen LogP contribution in [0, 0.1) is 6.92 Å². The van der Waals surface area contributed by atoms with Gasteiger partial charge in [-0.15, -0.1) is 11.7 Å². The van der Waals surface area contributed by atoms with Crippen molar-refractivity contribution in [1.29, 1.82) is 0 Å². The van der Waals surface area contributed by atoms with E-state index < -0.39 is 0 Å². The van der Waals surface area contributed by atoms with Gasteiger partial charge in [-0.1, -0.05) is 6.08 Å². The summed E-state index contributed by atoms with van der Waals surface area (Å²) in [4.78, 5) is 15.8. The third-order valence-corrected chi connectivity index (χ3v) is 2.08. The van der Waals surface area contributed by atoms with Crippen LogP contribution in [0.25, 0.3) is 5.78 Å². The van der Waals surface area contributed by atoms with Gasteiger partial charge in [-0.3, -0.25) is 9.36 Å². The summed E-state index contributed by atoms with van der Waals surface area (Å²) >= 11 is 0. The number of rotatable bonds is 2. The van der Waals surface area contributed by atoms with Gasteiger partial charge in [0.15, 0.2) is 0 Å². The van der Waals surface area contributed by atoms with Crippen molar-refractivity contribution in [1.82, 2.24) is 19.2 Å². The minimum Gasteiger partial charge on any atom is -0.366 e. The number of nitrogens with zero attached hydrogens (tertiary/aromatic N) is 4. The second kappa shape index (κ2) is 3.23. The van der Waals surface area contributed by atoms with Gasteiger partial charge in [-0.2, -0.15) is 4.98 Å². The van der Waals surface area contributed by atoms with Crippen LogP contribution >= 0.6 is 0 Å². The van der Waals surface area contributed by atoms with E-state index in [4.69, 9.17) is 5.73 Å². The Hall–Kier alpha value is -2.11. The summed E-state index contributed by atoms with van der Waals surface area (Å²) in [6.07, 6.45) is 3.24. The average molecular weight is 205 g/mol. The molecular formula is C9H11N5O. The summed E-state index contributed by atoms with van der Waals surface area (Å²) in [6.45, 7) is 5.70. The van der Waals surface area contributed by atoms with Gasteiger partial charge in [0, 0.05) is 18.3 Å². The first kappa shape index (κ1) is 9.45. The molecule has 2 rings (SSSR count). The Morgan fingerprint density at radius 2 is 2.40 bits per heavy atom. The largest absolute Gasteiger partial charge is 0.366 e. The maximum absolute atomic E-state index is 11.8. The van der Waals surface area contributed by atoms with Crippen LogP contribution in [-0.4, -0.2) is 19.2 Å². The van der Waals surface area contributed by atoms with Gasteiger partial charge in [0.1, 0.15) is 0 Å². The van der Waals surface area contributed by atoms with Crippen LogP contribution in [-0.2, 0) is 6.54 Å². The monoisotopic (exact) mass is 205 g/mol. The number of hydrogen-bond donors (Lipinski definition) is 1. The Morgan fingerprint density at radius 1 is 1.67 bits per heavy atom. The normalized spacial score (nSPS) is 10.7. The van der Waals surface area contributed by atoms with Crippen molar-refractivity contribution >= 4 is 11.7 Å². The van der Waals surface area contributed by atoms with E-state index in [2.05, 4.69) is 16.7 Å². The first-order valence-corrected chi connectivity index (χ1v) is 4.46. The van der Waals surface area contributed by atoms with Gasteiger partial charge in [0.2, 0.25) is 11.7 Å². The number of anilines is 1. The lowest BCUT2D eigenvalue weighted by atomic mass is 10.4. The second-order valence-corrected chi connectivity index (χ2v) is 3.23. The fourth-order valence-corrected chi connectivity index (χ4v) is 1.44. The number of nitrogens with two attached hydrogens (primary N) is 1. The quantitative estimate of drug-likeness (QED) is 0.698. The molecule has 0 aliphatic rings. The SMILES string of the molecule is C=CCn1c(=O)c(C)cn2nc(N)nc12. The summed E-state index contributed by atoms with van der Waals surface area (Å²) in [7, 11) is 0. The molecule has 0 saturated heterocycles. The van der Waals surface area contributed by atoms with Crippen molar-refractivity contribution in [3.05, 3.63) is 34.8 Å². The summed E-state index contributed by atoms with van der Waals surface area (Å²) in [6, 6.07) is 0. The van der Waals surface area contributed by atoms with Crippen molar-refractivity contribution in [2.45, 2.75) is 13.5 Å². The van der Waals surface area contributed by atoms with E-state index >= 15 is 0 Å². The summed E-state index contributed by atoms with van der Waals surface area (Å²) in [5.74, 6) is 0.584. The molecule has 0 bridgehead atoms. The van der Waals surface area contributed by atoms with E-state index in [1.54, 1.807) is 19.2 Å². The molecule has 0 saturated carbocycles. The number of hydrogen-bond acceptors (Lipinski definition) is 4. The minimum absolute atomic E-state index is 0.102. The predicted molar refractivity (Wildman–Crippen MR) is 56.6 cm³/mol. The molecule has 2 heterocycles. The molecule has 0 aliphatic carbocycles. The average Bonchev–Trinajstić information content (AvgIpc) is 2.53. The summed E-state index contributed by atoms with van der Waals surface area (Å²) in [5, 5.41) is 3.95. The van der Waals surface area contributed by atoms with Crippen LogP contribution in [0.5, 0.6) is 0 Å². The lowest BCUT2D eigenvalue weighted by Crippen LogP contribution is -2.24. The topological polar surface area (TPSA) is 78.2 Å². The molecule has 6 nitrogen and oxygen atoms in total. The zero-order valence-electron chi connectivity index (χ0n) is 8.34. The van der Waals surface area contributed by atoms with E-state index in [9.17, 15) is 4.79 Å². The minimum atomic E-state index is -0.102. The third kappa shape index (κ3) is 1.39. The highest BCUT2D eigenvalue weighted by Crippen LogP contribution is 2.02. The number of aryl methyl sites for hydroxylation is 1. The summed E-state index contributed by atoms with van der Waals surface area (Å²) < 4.78 is 2.97. The smallest absolute Gasteiger partial charge is 0.258 e. The van der Waals surface area contributed by atoms with Crippen molar-refractivity contribution in [2.24, 2.45) is 0 Å². The van der Waals surface area contributed by atoms with E-state index in [0.717, 1.165) is 0 Å². The molecule has 0 aromatic carbocycles. The molecule has 78 valence electrons.